The van der Waals surface area contributed by atoms with Gasteiger partial charge in [0, 0.05) is 25.1 Å². The number of carbonyl (C=O) groups is 3. The van der Waals surface area contributed by atoms with E-state index in [1.54, 1.807) is 0 Å². The fourth-order valence-electron chi connectivity index (χ4n) is 1.46. The molecule has 0 radical (unpaired) electrons. The lowest BCUT2D eigenvalue weighted by atomic mass is 10.1. The van der Waals surface area contributed by atoms with Gasteiger partial charge in [-0.1, -0.05) is 0 Å². The molecule has 0 spiro atoms. The Balaban J connectivity index is 0.000000980. The van der Waals surface area contributed by atoms with Crippen LogP contribution < -0.4 is 10.1 Å². The van der Waals surface area contributed by atoms with Gasteiger partial charge in [-0.25, -0.2) is 4.79 Å². The summed E-state index contributed by atoms with van der Waals surface area (Å²) in [5, 5.41) is 28.5. The fraction of sp³-hybridized carbons (Fsp3) is 0.357. The minimum atomic E-state index is -1.11. The molecule has 0 saturated heterocycles. The van der Waals surface area contributed by atoms with Gasteiger partial charge in [-0.05, 0) is 19.1 Å². The molecule has 1 aromatic carbocycles. The average molecular weight is 313 g/mol. The number of phenolic OH excluding ortho intramolecular Hbond substituents is 1. The monoisotopic (exact) mass is 313 g/mol. The van der Waals surface area contributed by atoms with Crippen LogP contribution in [0.3, 0.4) is 0 Å². The maximum atomic E-state index is 11.0. The number of carboxylic acid groups (broad SMARTS) is 2. The van der Waals surface area contributed by atoms with Crippen LogP contribution >= 0.6 is 0 Å². The van der Waals surface area contributed by atoms with Gasteiger partial charge >= 0.3 is 5.97 Å². The van der Waals surface area contributed by atoms with Gasteiger partial charge in [-0.15, -0.1) is 0 Å². The number of hydrogen-bond acceptors (Lipinski definition) is 6. The largest absolute Gasteiger partial charge is 0.504 e. The summed E-state index contributed by atoms with van der Waals surface area (Å²) >= 11 is 0. The molecule has 8 nitrogen and oxygen atoms in total. The van der Waals surface area contributed by atoms with Crippen LogP contribution in [0.25, 0.3) is 0 Å². The van der Waals surface area contributed by atoms with Gasteiger partial charge < -0.3 is 25.4 Å². The molecular formula is C14H19NO7. The number of ketones is 1. The van der Waals surface area contributed by atoms with Crippen molar-refractivity contribution in [3.63, 3.8) is 0 Å². The maximum Gasteiger partial charge on any atom is 0.326 e. The summed E-state index contributed by atoms with van der Waals surface area (Å²) in [6.45, 7) is 2.41. The predicted octanol–water partition coefficient (Wildman–Crippen LogP) is 1.34. The molecule has 1 rings (SSSR count). The summed E-state index contributed by atoms with van der Waals surface area (Å²) < 4.78 is 4.90. The Morgan fingerprint density at radius 1 is 1.23 bits per heavy atom. The number of anilines is 1. The van der Waals surface area contributed by atoms with Gasteiger partial charge in [-0.2, -0.15) is 0 Å². The van der Waals surface area contributed by atoms with E-state index >= 15 is 0 Å². The van der Waals surface area contributed by atoms with Crippen molar-refractivity contribution >= 4 is 23.4 Å². The van der Waals surface area contributed by atoms with Crippen LogP contribution in [0.1, 0.15) is 20.3 Å². The van der Waals surface area contributed by atoms with Crippen LogP contribution in [-0.2, 0) is 14.4 Å². The normalized spacial score (nSPS) is 10.7. The Morgan fingerprint density at radius 3 is 2.18 bits per heavy atom. The molecule has 0 heterocycles. The Morgan fingerprint density at radius 2 is 1.77 bits per heavy atom. The number of phenols is 1. The first kappa shape index (κ1) is 19.2. The van der Waals surface area contributed by atoms with Crippen LogP contribution in [0, 0.1) is 0 Å². The standard InChI is InChI=1S/C12H15NO5.C2H4O2/c1-7(14)5-9(12(16)17)13-8-3-4-10(15)11(6-8)18-2;1-2(3)4/h3-4,6,9,13,15H,5H2,1-2H3,(H,16,17);1H3,(H,3,4)/t9-;/m0./s1. The molecule has 0 aliphatic carbocycles. The molecular weight excluding hydrogens is 294 g/mol. The number of hydrogen-bond donors (Lipinski definition) is 4. The number of carbonyl (C=O) groups excluding carboxylic acids is 1. The SMILES string of the molecule is CC(=O)O.COc1cc(N[C@@H](CC(C)=O)C(=O)O)ccc1O. The third-order valence-corrected chi connectivity index (χ3v) is 2.31. The number of nitrogens with one attached hydrogen (secondary N) is 1. The van der Waals surface area contributed by atoms with Gasteiger partial charge in [0.05, 0.1) is 7.11 Å². The molecule has 0 aliphatic rings. The Bertz CT molecular complexity index is 538. The Kier molecular flexibility index (Phi) is 8.06. The van der Waals surface area contributed by atoms with Crippen LogP contribution in [0.2, 0.25) is 0 Å². The van der Waals surface area contributed by atoms with E-state index in [1.807, 2.05) is 0 Å². The molecule has 4 N–H and O–H groups in total. The fourth-order valence-corrected chi connectivity index (χ4v) is 1.46. The summed E-state index contributed by atoms with van der Waals surface area (Å²) in [6, 6.07) is 3.35. The van der Waals surface area contributed by atoms with E-state index in [0.29, 0.717) is 5.69 Å². The minimum absolute atomic E-state index is 0.0403. The smallest absolute Gasteiger partial charge is 0.326 e. The quantitative estimate of drug-likeness (QED) is 0.578. The number of aliphatic carboxylic acids is 2. The molecule has 0 unspecified atom stereocenters. The van der Waals surface area contributed by atoms with E-state index in [-0.39, 0.29) is 23.7 Å². The van der Waals surface area contributed by atoms with Crippen molar-refractivity contribution in [2.24, 2.45) is 0 Å². The first-order valence-electron chi connectivity index (χ1n) is 6.22. The second-order valence-corrected chi connectivity index (χ2v) is 4.35. The van der Waals surface area contributed by atoms with Crippen LogP contribution in [-0.4, -0.2) is 46.2 Å². The molecule has 0 bridgehead atoms. The summed E-state index contributed by atoms with van der Waals surface area (Å²) in [5.74, 6) is -1.98. The number of rotatable bonds is 6. The van der Waals surface area contributed by atoms with Crippen molar-refractivity contribution in [1.29, 1.82) is 0 Å². The molecule has 0 aromatic heterocycles. The molecule has 1 aromatic rings. The lowest BCUT2D eigenvalue weighted by Gasteiger charge is -2.15. The van der Waals surface area contributed by atoms with E-state index in [4.69, 9.17) is 19.7 Å². The van der Waals surface area contributed by atoms with Gasteiger partial charge in [0.1, 0.15) is 11.8 Å². The number of ether oxygens (including phenoxy) is 1. The highest BCUT2D eigenvalue weighted by Crippen LogP contribution is 2.29. The first-order chi connectivity index (χ1) is 10.2. The maximum absolute atomic E-state index is 11.0. The van der Waals surface area contributed by atoms with Crippen LogP contribution in [0.4, 0.5) is 5.69 Å². The highest BCUT2D eigenvalue weighted by molar-refractivity contribution is 5.86. The van der Waals surface area contributed by atoms with E-state index in [9.17, 15) is 14.7 Å². The Labute approximate surface area is 127 Å². The number of Topliss-reactive ketones (excluding diaryl/α,β-unsaturated/α-hetero) is 1. The number of methoxy groups -OCH3 is 1. The zero-order valence-corrected chi connectivity index (χ0v) is 12.5. The van der Waals surface area contributed by atoms with E-state index < -0.39 is 18.0 Å². The van der Waals surface area contributed by atoms with E-state index in [2.05, 4.69) is 5.32 Å². The molecule has 22 heavy (non-hydrogen) atoms. The van der Waals surface area contributed by atoms with Crippen molar-refractivity contribution < 1.29 is 34.4 Å². The van der Waals surface area contributed by atoms with Crippen molar-refractivity contribution in [3.8, 4) is 11.5 Å². The lowest BCUT2D eigenvalue weighted by molar-refractivity contribution is -0.139. The van der Waals surface area contributed by atoms with Gasteiger partial charge in [0.2, 0.25) is 0 Å². The molecule has 1 atom stereocenters. The van der Waals surface area contributed by atoms with Gasteiger partial charge in [0.25, 0.3) is 5.97 Å². The zero-order valence-electron chi connectivity index (χ0n) is 12.5. The van der Waals surface area contributed by atoms with E-state index in [0.717, 1.165) is 6.92 Å². The predicted molar refractivity (Wildman–Crippen MR) is 78.3 cm³/mol. The third-order valence-electron chi connectivity index (χ3n) is 2.31. The summed E-state index contributed by atoms with van der Waals surface area (Å²) in [5.41, 5.74) is 0.457. The molecule has 0 fully saturated rings. The van der Waals surface area contributed by atoms with Crippen molar-refractivity contribution in [1.82, 2.24) is 0 Å². The van der Waals surface area contributed by atoms with Gasteiger partial charge in [0.15, 0.2) is 11.5 Å². The first-order valence-corrected chi connectivity index (χ1v) is 6.22. The van der Waals surface area contributed by atoms with Crippen molar-refractivity contribution in [2.45, 2.75) is 26.3 Å². The molecule has 122 valence electrons. The topological polar surface area (TPSA) is 133 Å². The number of benzene rings is 1. The molecule has 0 saturated carbocycles. The van der Waals surface area contributed by atoms with Gasteiger partial charge in [-0.3, -0.25) is 9.59 Å². The van der Waals surface area contributed by atoms with Crippen molar-refractivity contribution in [3.05, 3.63) is 18.2 Å². The highest BCUT2D eigenvalue weighted by Gasteiger charge is 2.19. The lowest BCUT2D eigenvalue weighted by Crippen LogP contribution is -2.31. The summed E-state index contributed by atoms with van der Waals surface area (Å²) in [7, 11) is 1.39. The zero-order chi connectivity index (χ0) is 17.3. The van der Waals surface area contributed by atoms with Crippen molar-refractivity contribution in [2.75, 3.05) is 12.4 Å². The average Bonchev–Trinajstić information content (AvgIpc) is 2.38. The van der Waals surface area contributed by atoms with E-state index in [1.165, 1.54) is 32.2 Å². The third kappa shape index (κ3) is 7.73. The van der Waals surface area contributed by atoms with Crippen LogP contribution in [0.5, 0.6) is 11.5 Å². The number of carboxylic acids is 2. The Hall–Kier alpha value is -2.77. The molecule has 0 amide bonds. The molecule has 8 heteroatoms. The second kappa shape index (κ2) is 9.22. The molecule has 0 aliphatic heterocycles. The summed E-state index contributed by atoms with van der Waals surface area (Å²) in [4.78, 5) is 30.9. The summed E-state index contributed by atoms with van der Waals surface area (Å²) in [6.07, 6.45) is -0.113. The minimum Gasteiger partial charge on any atom is -0.504 e. The van der Waals surface area contributed by atoms with Crippen LogP contribution in [0.15, 0.2) is 18.2 Å². The highest BCUT2D eigenvalue weighted by atomic mass is 16.5. The second-order valence-electron chi connectivity index (χ2n) is 4.35. The number of aromatic hydroxyl groups is 1.